The van der Waals surface area contributed by atoms with Gasteiger partial charge in [-0.05, 0) is 12.8 Å². The van der Waals surface area contributed by atoms with Gasteiger partial charge in [0.15, 0.2) is 0 Å². The molecule has 2 N–H and O–H groups in total. The van der Waals surface area contributed by atoms with E-state index in [9.17, 15) is 4.79 Å². The normalized spacial score (nSPS) is 26.8. The SMILES string of the molecule is CNC(=O)C1CCCN1O. The summed E-state index contributed by atoms with van der Waals surface area (Å²) < 4.78 is 0. The van der Waals surface area contributed by atoms with Crippen molar-refractivity contribution >= 4 is 5.91 Å². The quantitative estimate of drug-likeness (QED) is 0.526. The molecule has 1 heterocycles. The van der Waals surface area contributed by atoms with Gasteiger partial charge < -0.3 is 10.5 Å². The Morgan fingerprint density at radius 2 is 2.50 bits per heavy atom. The van der Waals surface area contributed by atoms with Crippen molar-refractivity contribution < 1.29 is 10.0 Å². The number of amides is 1. The Morgan fingerprint density at radius 1 is 1.80 bits per heavy atom. The van der Waals surface area contributed by atoms with Crippen molar-refractivity contribution in [3.8, 4) is 0 Å². The van der Waals surface area contributed by atoms with Crippen LogP contribution >= 0.6 is 0 Å². The van der Waals surface area contributed by atoms with E-state index in [0.717, 1.165) is 17.9 Å². The van der Waals surface area contributed by atoms with Gasteiger partial charge in [-0.2, -0.15) is 5.06 Å². The van der Waals surface area contributed by atoms with Gasteiger partial charge in [0.2, 0.25) is 5.91 Å². The summed E-state index contributed by atoms with van der Waals surface area (Å²) in [6.07, 6.45) is 1.66. The van der Waals surface area contributed by atoms with Crippen LogP contribution in [-0.4, -0.2) is 35.8 Å². The molecule has 0 radical (unpaired) electrons. The minimum absolute atomic E-state index is 0.0972. The molecule has 1 unspecified atom stereocenters. The summed E-state index contributed by atoms with van der Waals surface area (Å²) in [5, 5.41) is 12.7. The third-order valence-corrected chi connectivity index (χ3v) is 1.77. The molecule has 10 heavy (non-hydrogen) atoms. The summed E-state index contributed by atoms with van der Waals surface area (Å²) >= 11 is 0. The Kier molecular flexibility index (Phi) is 2.24. The van der Waals surface area contributed by atoms with Crippen molar-refractivity contribution in [3.63, 3.8) is 0 Å². The van der Waals surface area contributed by atoms with E-state index < -0.39 is 0 Å². The van der Waals surface area contributed by atoms with Gasteiger partial charge in [0.1, 0.15) is 6.04 Å². The molecule has 4 nitrogen and oxygen atoms in total. The minimum Gasteiger partial charge on any atom is -0.358 e. The van der Waals surface area contributed by atoms with Gasteiger partial charge in [0, 0.05) is 13.6 Å². The third kappa shape index (κ3) is 1.27. The maximum atomic E-state index is 10.9. The number of hydrogen-bond donors (Lipinski definition) is 2. The Labute approximate surface area is 59.8 Å². The lowest BCUT2D eigenvalue weighted by molar-refractivity contribution is -0.144. The summed E-state index contributed by atoms with van der Waals surface area (Å²) in [6.45, 7) is 0.609. The molecule has 1 rings (SSSR count). The second-order valence-electron chi connectivity index (χ2n) is 2.44. The fraction of sp³-hybridized carbons (Fsp3) is 0.833. The zero-order valence-electron chi connectivity index (χ0n) is 6.00. The lowest BCUT2D eigenvalue weighted by atomic mass is 10.2. The zero-order valence-corrected chi connectivity index (χ0v) is 6.00. The lowest BCUT2D eigenvalue weighted by Gasteiger charge is -2.14. The van der Waals surface area contributed by atoms with E-state index in [0.29, 0.717) is 6.54 Å². The minimum atomic E-state index is -0.315. The number of rotatable bonds is 1. The maximum Gasteiger partial charge on any atom is 0.239 e. The molecule has 0 aromatic rings. The van der Waals surface area contributed by atoms with Crippen LogP contribution in [0.15, 0.2) is 0 Å². The summed E-state index contributed by atoms with van der Waals surface area (Å²) in [4.78, 5) is 10.9. The van der Waals surface area contributed by atoms with E-state index in [4.69, 9.17) is 5.21 Å². The van der Waals surface area contributed by atoms with E-state index in [1.54, 1.807) is 7.05 Å². The van der Waals surface area contributed by atoms with Crippen LogP contribution in [0.2, 0.25) is 0 Å². The molecular formula is C6H12N2O2. The molecule has 0 aromatic heterocycles. The molecule has 0 saturated carbocycles. The third-order valence-electron chi connectivity index (χ3n) is 1.77. The molecule has 4 heteroatoms. The van der Waals surface area contributed by atoms with E-state index in [1.807, 2.05) is 0 Å². The van der Waals surface area contributed by atoms with Gasteiger partial charge in [0.05, 0.1) is 0 Å². The van der Waals surface area contributed by atoms with Gasteiger partial charge in [-0.1, -0.05) is 0 Å². The first-order chi connectivity index (χ1) is 4.75. The Hall–Kier alpha value is -0.610. The molecule has 1 aliphatic heterocycles. The second-order valence-corrected chi connectivity index (χ2v) is 2.44. The molecule has 58 valence electrons. The van der Waals surface area contributed by atoms with E-state index in [-0.39, 0.29) is 11.9 Å². The van der Waals surface area contributed by atoms with Crippen molar-refractivity contribution in [1.82, 2.24) is 10.4 Å². The Balaban J connectivity index is 2.46. The second kappa shape index (κ2) is 2.98. The number of carbonyl (C=O) groups excluding carboxylic acids is 1. The van der Waals surface area contributed by atoms with Crippen molar-refractivity contribution in [3.05, 3.63) is 0 Å². The van der Waals surface area contributed by atoms with Crippen molar-refractivity contribution in [2.75, 3.05) is 13.6 Å². The first-order valence-electron chi connectivity index (χ1n) is 3.43. The molecule has 1 fully saturated rings. The number of hydroxylamine groups is 2. The van der Waals surface area contributed by atoms with Gasteiger partial charge in [-0.15, -0.1) is 0 Å². The highest BCUT2D eigenvalue weighted by molar-refractivity contribution is 5.81. The molecule has 0 aromatic carbocycles. The highest BCUT2D eigenvalue weighted by atomic mass is 16.5. The smallest absolute Gasteiger partial charge is 0.239 e. The molecule has 1 aliphatic rings. The summed E-state index contributed by atoms with van der Waals surface area (Å²) in [5.74, 6) is -0.0972. The fourth-order valence-corrected chi connectivity index (χ4v) is 1.18. The van der Waals surface area contributed by atoms with E-state index in [1.165, 1.54) is 0 Å². The molecule has 1 amide bonds. The molecule has 0 aliphatic carbocycles. The van der Waals surface area contributed by atoms with Crippen molar-refractivity contribution in [2.24, 2.45) is 0 Å². The average molecular weight is 144 g/mol. The van der Waals surface area contributed by atoms with Gasteiger partial charge in [-0.25, -0.2) is 0 Å². The Bertz CT molecular complexity index is 138. The monoisotopic (exact) mass is 144 g/mol. The number of hydrogen-bond acceptors (Lipinski definition) is 3. The van der Waals surface area contributed by atoms with Crippen LogP contribution in [0.5, 0.6) is 0 Å². The number of likely N-dealkylation sites (N-methyl/N-ethyl adjacent to an activating group) is 1. The average Bonchev–Trinajstić information content (AvgIpc) is 2.34. The van der Waals surface area contributed by atoms with Gasteiger partial charge in [-0.3, -0.25) is 4.79 Å². The molecule has 0 spiro atoms. The molecule has 1 atom stereocenters. The van der Waals surface area contributed by atoms with Crippen molar-refractivity contribution in [1.29, 1.82) is 0 Å². The first-order valence-corrected chi connectivity index (χ1v) is 3.43. The highest BCUT2D eigenvalue weighted by Gasteiger charge is 2.28. The van der Waals surface area contributed by atoms with Gasteiger partial charge >= 0.3 is 0 Å². The van der Waals surface area contributed by atoms with Crippen LogP contribution in [-0.2, 0) is 4.79 Å². The maximum absolute atomic E-state index is 10.9. The van der Waals surface area contributed by atoms with Crippen LogP contribution in [0.3, 0.4) is 0 Å². The van der Waals surface area contributed by atoms with Crippen LogP contribution in [0.1, 0.15) is 12.8 Å². The van der Waals surface area contributed by atoms with E-state index >= 15 is 0 Å². The van der Waals surface area contributed by atoms with Crippen molar-refractivity contribution in [2.45, 2.75) is 18.9 Å². The number of carbonyl (C=O) groups is 1. The first kappa shape index (κ1) is 7.50. The van der Waals surface area contributed by atoms with Gasteiger partial charge in [0.25, 0.3) is 0 Å². The standard InChI is InChI=1S/C6H12N2O2/c1-7-6(9)5-3-2-4-8(5)10/h5,10H,2-4H2,1H3,(H,7,9). The molecule has 0 bridgehead atoms. The summed E-state index contributed by atoms with van der Waals surface area (Å²) in [7, 11) is 1.58. The number of nitrogens with one attached hydrogen (secondary N) is 1. The zero-order chi connectivity index (χ0) is 7.56. The van der Waals surface area contributed by atoms with Crippen LogP contribution in [0.4, 0.5) is 0 Å². The predicted octanol–water partition coefficient (Wildman–Crippen LogP) is -0.414. The largest absolute Gasteiger partial charge is 0.358 e. The molecular weight excluding hydrogens is 132 g/mol. The summed E-state index contributed by atoms with van der Waals surface area (Å²) in [6, 6.07) is -0.315. The lowest BCUT2D eigenvalue weighted by Crippen LogP contribution is -2.39. The topological polar surface area (TPSA) is 52.6 Å². The van der Waals surface area contributed by atoms with Crippen LogP contribution in [0, 0.1) is 0 Å². The highest BCUT2D eigenvalue weighted by Crippen LogP contribution is 2.13. The molecule has 1 saturated heterocycles. The summed E-state index contributed by atoms with van der Waals surface area (Å²) in [5.41, 5.74) is 0. The Morgan fingerprint density at radius 3 is 2.90 bits per heavy atom. The van der Waals surface area contributed by atoms with E-state index in [2.05, 4.69) is 5.32 Å². The van der Waals surface area contributed by atoms with Crippen LogP contribution < -0.4 is 5.32 Å². The fourth-order valence-electron chi connectivity index (χ4n) is 1.18. The number of nitrogens with zero attached hydrogens (tertiary/aromatic N) is 1. The van der Waals surface area contributed by atoms with Crippen LogP contribution in [0.25, 0.3) is 0 Å². The predicted molar refractivity (Wildman–Crippen MR) is 35.6 cm³/mol.